The summed E-state index contributed by atoms with van der Waals surface area (Å²) in [6, 6.07) is 9.11. The SMILES string of the molecule is CC1(C)OC[C@H]([C@H]2O[C@@H]2S(=O)(=O)Cc2ccccc2)O1. The maximum Gasteiger partial charge on any atom is 0.188 e. The molecule has 0 bridgehead atoms. The summed E-state index contributed by atoms with van der Waals surface area (Å²) in [5.41, 5.74) is -0.00382. The molecular weight excluding hydrogens is 280 g/mol. The summed E-state index contributed by atoms with van der Waals surface area (Å²) in [4.78, 5) is 0. The van der Waals surface area contributed by atoms with Crippen molar-refractivity contribution in [3.05, 3.63) is 35.9 Å². The van der Waals surface area contributed by atoms with Gasteiger partial charge in [-0.2, -0.15) is 0 Å². The highest BCUT2D eigenvalue weighted by molar-refractivity contribution is 7.91. The molecule has 0 amide bonds. The molecule has 0 aromatic heterocycles. The molecule has 0 saturated carbocycles. The molecule has 0 spiro atoms. The molecule has 2 saturated heterocycles. The van der Waals surface area contributed by atoms with E-state index < -0.39 is 27.2 Å². The number of benzene rings is 1. The fourth-order valence-electron chi connectivity index (χ4n) is 2.43. The lowest BCUT2D eigenvalue weighted by Gasteiger charge is -2.16. The molecule has 1 aromatic carbocycles. The van der Waals surface area contributed by atoms with Crippen molar-refractivity contribution in [1.29, 1.82) is 0 Å². The van der Waals surface area contributed by atoms with E-state index in [1.54, 1.807) is 12.1 Å². The normalized spacial score (nSPS) is 32.2. The molecule has 5 nitrogen and oxygen atoms in total. The smallest absolute Gasteiger partial charge is 0.188 e. The number of epoxide rings is 1. The van der Waals surface area contributed by atoms with Crippen LogP contribution in [0.1, 0.15) is 19.4 Å². The molecule has 2 aliphatic rings. The van der Waals surface area contributed by atoms with Crippen molar-refractivity contribution in [3.63, 3.8) is 0 Å². The minimum absolute atomic E-state index is 0.00796. The van der Waals surface area contributed by atoms with Crippen LogP contribution < -0.4 is 0 Å². The minimum atomic E-state index is -3.32. The van der Waals surface area contributed by atoms with Gasteiger partial charge in [0, 0.05) is 0 Å². The zero-order valence-electron chi connectivity index (χ0n) is 11.5. The van der Waals surface area contributed by atoms with Gasteiger partial charge in [-0.15, -0.1) is 0 Å². The molecule has 1 aromatic rings. The fourth-order valence-corrected chi connectivity index (χ4v) is 4.13. The minimum Gasteiger partial charge on any atom is -0.350 e. The molecule has 110 valence electrons. The number of rotatable bonds is 4. The largest absolute Gasteiger partial charge is 0.350 e. The first kappa shape index (κ1) is 14.0. The number of ether oxygens (including phenoxy) is 3. The Morgan fingerprint density at radius 2 is 1.95 bits per heavy atom. The van der Waals surface area contributed by atoms with Crippen LogP contribution in [0.5, 0.6) is 0 Å². The lowest BCUT2D eigenvalue weighted by molar-refractivity contribution is -0.140. The summed E-state index contributed by atoms with van der Waals surface area (Å²) >= 11 is 0. The number of sulfone groups is 1. The van der Waals surface area contributed by atoms with Gasteiger partial charge in [-0.05, 0) is 19.4 Å². The first-order valence-electron chi connectivity index (χ1n) is 6.60. The van der Waals surface area contributed by atoms with Gasteiger partial charge in [0.2, 0.25) is 0 Å². The van der Waals surface area contributed by atoms with Crippen LogP contribution in [0.25, 0.3) is 0 Å². The first-order chi connectivity index (χ1) is 9.37. The van der Waals surface area contributed by atoms with Crippen molar-refractivity contribution in [2.75, 3.05) is 6.61 Å². The van der Waals surface area contributed by atoms with E-state index in [4.69, 9.17) is 14.2 Å². The van der Waals surface area contributed by atoms with Crippen molar-refractivity contribution in [2.45, 2.75) is 43.0 Å². The number of hydrogen-bond donors (Lipinski definition) is 0. The van der Waals surface area contributed by atoms with Crippen LogP contribution in [-0.2, 0) is 29.8 Å². The third-order valence-electron chi connectivity index (χ3n) is 3.44. The average Bonchev–Trinajstić information content (AvgIpc) is 3.10. The van der Waals surface area contributed by atoms with Gasteiger partial charge in [0.05, 0.1) is 12.4 Å². The van der Waals surface area contributed by atoms with Crippen LogP contribution in [0, 0.1) is 0 Å². The van der Waals surface area contributed by atoms with Gasteiger partial charge in [0.1, 0.15) is 12.2 Å². The molecular formula is C14H18O5S. The molecule has 0 aliphatic carbocycles. The van der Waals surface area contributed by atoms with Crippen molar-refractivity contribution < 1.29 is 22.6 Å². The van der Waals surface area contributed by atoms with Crippen LogP contribution in [0.3, 0.4) is 0 Å². The van der Waals surface area contributed by atoms with Crippen molar-refractivity contribution in [3.8, 4) is 0 Å². The molecule has 20 heavy (non-hydrogen) atoms. The van der Waals surface area contributed by atoms with E-state index in [0.717, 1.165) is 5.56 Å². The third kappa shape index (κ3) is 2.88. The van der Waals surface area contributed by atoms with Gasteiger partial charge in [-0.3, -0.25) is 0 Å². The van der Waals surface area contributed by atoms with Gasteiger partial charge in [0.15, 0.2) is 21.1 Å². The summed E-state index contributed by atoms with van der Waals surface area (Å²) in [5, 5.41) is 0. The van der Waals surface area contributed by atoms with Crippen LogP contribution in [0.2, 0.25) is 0 Å². The summed E-state index contributed by atoms with van der Waals surface area (Å²) in [7, 11) is -3.32. The standard InChI is InChI=1S/C14H18O5S/c1-14(2)17-8-11(19-14)12-13(18-12)20(15,16)9-10-6-4-3-5-7-10/h3-7,11-13H,8-9H2,1-2H3/t11-,12-,13-/m1/s1. The summed E-state index contributed by atoms with van der Waals surface area (Å²) in [5.74, 6) is -0.670. The lowest BCUT2D eigenvalue weighted by atomic mass is 10.2. The second kappa shape index (κ2) is 4.80. The van der Waals surface area contributed by atoms with Crippen LogP contribution in [0.4, 0.5) is 0 Å². The van der Waals surface area contributed by atoms with Gasteiger partial charge in [-0.25, -0.2) is 8.42 Å². The monoisotopic (exact) mass is 298 g/mol. The lowest BCUT2D eigenvalue weighted by Crippen LogP contribution is -2.27. The fraction of sp³-hybridized carbons (Fsp3) is 0.571. The van der Waals surface area contributed by atoms with Crippen LogP contribution in [0.15, 0.2) is 30.3 Å². The van der Waals surface area contributed by atoms with E-state index in [1.807, 2.05) is 32.0 Å². The predicted octanol–water partition coefficient (Wildman–Crippen LogP) is 1.48. The molecule has 0 radical (unpaired) electrons. The predicted molar refractivity (Wildman–Crippen MR) is 72.6 cm³/mol. The Hall–Kier alpha value is -0.950. The average molecular weight is 298 g/mol. The molecule has 3 atom stereocenters. The Morgan fingerprint density at radius 3 is 2.55 bits per heavy atom. The van der Waals surface area contributed by atoms with E-state index in [1.165, 1.54) is 0 Å². The Morgan fingerprint density at radius 1 is 1.25 bits per heavy atom. The molecule has 0 unspecified atom stereocenters. The van der Waals surface area contributed by atoms with Crippen molar-refractivity contribution in [1.82, 2.24) is 0 Å². The van der Waals surface area contributed by atoms with Crippen molar-refractivity contribution >= 4 is 9.84 Å². The molecule has 3 rings (SSSR count). The first-order valence-corrected chi connectivity index (χ1v) is 8.32. The van der Waals surface area contributed by atoms with Gasteiger partial charge in [-0.1, -0.05) is 30.3 Å². The van der Waals surface area contributed by atoms with E-state index in [-0.39, 0.29) is 11.9 Å². The van der Waals surface area contributed by atoms with E-state index in [0.29, 0.717) is 6.61 Å². The molecule has 6 heteroatoms. The molecule has 0 N–H and O–H groups in total. The topological polar surface area (TPSA) is 65.1 Å². The van der Waals surface area contributed by atoms with E-state index >= 15 is 0 Å². The maximum atomic E-state index is 12.3. The van der Waals surface area contributed by atoms with Crippen molar-refractivity contribution in [2.24, 2.45) is 0 Å². The highest BCUT2D eigenvalue weighted by Gasteiger charge is 2.56. The Bertz CT molecular complexity index is 581. The van der Waals surface area contributed by atoms with E-state index in [2.05, 4.69) is 0 Å². The van der Waals surface area contributed by atoms with Crippen LogP contribution in [-0.4, -0.2) is 38.5 Å². The second-order valence-corrected chi connectivity index (χ2v) is 7.71. The highest BCUT2D eigenvalue weighted by atomic mass is 32.2. The maximum absolute atomic E-state index is 12.3. The van der Waals surface area contributed by atoms with Crippen LogP contribution >= 0.6 is 0 Å². The third-order valence-corrected chi connectivity index (χ3v) is 5.27. The summed E-state index contributed by atoms with van der Waals surface area (Å²) in [6.07, 6.45) is -0.717. The summed E-state index contributed by atoms with van der Waals surface area (Å²) in [6.45, 7) is 3.99. The van der Waals surface area contributed by atoms with Gasteiger partial charge in [0.25, 0.3) is 0 Å². The molecule has 2 heterocycles. The zero-order chi connectivity index (χ0) is 14.4. The molecule has 2 aliphatic heterocycles. The highest BCUT2D eigenvalue weighted by Crippen LogP contribution is 2.38. The van der Waals surface area contributed by atoms with Gasteiger partial charge >= 0.3 is 0 Å². The van der Waals surface area contributed by atoms with Gasteiger partial charge < -0.3 is 14.2 Å². The quantitative estimate of drug-likeness (QED) is 0.788. The Kier molecular flexibility index (Phi) is 3.36. The second-order valence-electron chi connectivity index (χ2n) is 5.63. The zero-order valence-corrected chi connectivity index (χ0v) is 12.3. The Labute approximate surface area is 118 Å². The Balaban J connectivity index is 1.64. The summed E-state index contributed by atoms with van der Waals surface area (Å²) < 4.78 is 41.0. The van der Waals surface area contributed by atoms with E-state index in [9.17, 15) is 8.42 Å². The number of hydrogen-bond acceptors (Lipinski definition) is 5. The molecule has 2 fully saturated rings.